The molecule has 1 aromatic heterocycles. The van der Waals surface area contributed by atoms with Crippen molar-refractivity contribution >= 4 is 0 Å². The third kappa shape index (κ3) is 3.35. The lowest BCUT2D eigenvalue weighted by molar-refractivity contribution is 0.507. The van der Waals surface area contributed by atoms with Crippen LogP contribution < -0.4 is 5.73 Å². The summed E-state index contributed by atoms with van der Waals surface area (Å²) < 4.78 is 2.08. The molecule has 0 saturated carbocycles. The summed E-state index contributed by atoms with van der Waals surface area (Å²) in [5.74, 6) is 0. The topological polar surface area (TPSA) is 43.8 Å². The van der Waals surface area contributed by atoms with Crippen molar-refractivity contribution in [3.8, 4) is 11.3 Å². The quantitative estimate of drug-likeness (QED) is 0.778. The van der Waals surface area contributed by atoms with Crippen LogP contribution >= 0.6 is 0 Å². The summed E-state index contributed by atoms with van der Waals surface area (Å²) >= 11 is 0. The fraction of sp³-hybridized carbons (Fsp3) is 0.250. The van der Waals surface area contributed by atoms with Gasteiger partial charge in [0.2, 0.25) is 0 Å². The van der Waals surface area contributed by atoms with Crippen molar-refractivity contribution in [1.82, 2.24) is 9.78 Å². The first-order valence-electron chi connectivity index (χ1n) is 7.98. The molecule has 0 amide bonds. The van der Waals surface area contributed by atoms with Crippen LogP contribution in [0.4, 0.5) is 0 Å². The summed E-state index contributed by atoms with van der Waals surface area (Å²) in [6, 6.07) is 23.0. The van der Waals surface area contributed by atoms with Gasteiger partial charge >= 0.3 is 0 Å². The highest BCUT2D eigenvalue weighted by atomic mass is 15.3. The van der Waals surface area contributed by atoms with Crippen molar-refractivity contribution in [2.75, 3.05) is 6.54 Å². The van der Waals surface area contributed by atoms with Gasteiger partial charge < -0.3 is 5.73 Å². The maximum atomic E-state index is 5.94. The van der Waals surface area contributed by atoms with Gasteiger partial charge in [0.15, 0.2) is 0 Å². The molecule has 0 radical (unpaired) electrons. The van der Waals surface area contributed by atoms with E-state index in [1.54, 1.807) is 0 Å². The van der Waals surface area contributed by atoms with Crippen LogP contribution in [0.2, 0.25) is 0 Å². The molecule has 0 aliphatic heterocycles. The molecule has 2 N–H and O–H groups in total. The molecule has 0 fully saturated rings. The molecule has 0 aliphatic carbocycles. The van der Waals surface area contributed by atoms with Crippen LogP contribution in [0.5, 0.6) is 0 Å². The van der Waals surface area contributed by atoms with E-state index in [9.17, 15) is 0 Å². The van der Waals surface area contributed by atoms with Crippen LogP contribution in [0.25, 0.3) is 11.3 Å². The van der Waals surface area contributed by atoms with Crippen molar-refractivity contribution in [3.63, 3.8) is 0 Å². The largest absolute Gasteiger partial charge is 0.330 e. The average Bonchev–Trinajstić information content (AvgIpc) is 3.01. The molecule has 118 valence electrons. The minimum absolute atomic E-state index is 0.133. The fourth-order valence-electron chi connectivity index (χ4n) is 2.57. The molecule has 3 aromatic rings. The third-order valence-corrected chi connectivity index (χ3v) is 4.23. The predicted molar refractivity (Wildman–Crippen MR) is 95.3 cm³/mol. The SMILES string of the molecule is CC(C)(CN)c1cc(-c2ccccc2)n(Cc2ccccc2)n1. The number of benzene rings is 2. The molecule has 0 aliphatic rings. The summed E-state index contributed by atoms with van der Waals surface area (Å²) in [4.78, 5) is 0. The van der Waals surface area contributed by atoms with Crippen molar-refractivity contribution < 1.29 is 0 Å². The molecule has 3 nitrogen and oxygen atoms in total. The Labute approximate surface area is 137 Å². The fourth-order valence-corrected chi connectivity index (χ4v) is 2.57. The molecule has 1 heterocycles. The Hall–Kier alpha value is -2.39. The second-order valence-corrected chi connectivity index (χ2v) is 6.51. The second-order valence-electron chi connectivity index (χ2n) is 6.51. The number of rotatable bonds is 5. The second kappa shape index (κ2) is 6.39. The zero-order valence-corrected chi connectivity index (χ0v) is 13.7. The lowest BCUT2D eigenvalue weighted by atomic mass is 9.89. The van der Waals surface area contributed by atoms with Crippen LogP contribution in [0.3, 0.4) is 0 Å². The van der Waals surface area contributed by atoms with Crippen LogP contribution in [0, 0.1) is 0 Å². The molecule has 0 unspecified atom stereocenters. The Morgan fingerprint density at radius 2 is 1.57 bits per heavy atom. The van der Waals surface area contributed by atoms with E-state index in [1.807, 2.05) is 12.1 Å². The van der Waals surface area contributed by atoms with Crippen molar-refractivity contribution in [2.24, 2.45) is 5.73 Å². The smallest absolute Gasteiger partial charge is 0.0700 e. The van der Waals surface area contributed by atoms with Crippen molar-refractivity contribution in [1.29, 1.82) is 0 Å². The van der Waals surface area contributed by atoms with Crippen LogP contribution in [-0.4, -0.2) is 16.3 Å². The highest BCUT2D eigenvalue weighted by molar-refractivity contribution is 5.60. The Bertz CT molecular complexity index is 758. The molecule has 3 heteroatoms. The van der Waals surface area contributed by atoms with Gasteiger partial charge in [-0.25, -0.2) is 0 Å². The summed E-state index contributed by atoms with van der Waals surface area (Å²) in [7, 11) is 0. The minimum atomic E-state index is -0.133. The van der Waals surface area contributed by atoms with E-state index < -0.39 is 0 Å². The predicted octanol–water partition coefficient (Wildman–Crippen LogP) is 3.83. The number of nitrogens with two attached hydrogens (primary N) is 1. The van der Waals surface area contributed by atoms with E-state index in [0.29, 0.717) is 6.54 Å². The minimum Gasteiger partial charge on any atom is -0.330 e. The van der Waals surface area contributed by atoms with E-state index in [2.05, 4.69) is 73.1 Å². The van der Waals surface area contributed by atoms with Crippen molar-refractivity contribution in [3.05, 3.63) is 78.0 Å². The van der Waals surface area contributed by atoms with Gasteiger partial charge in [-0.15, -0.1) is 0 Å². The summed E-state index contributed by atoms with van der Waals surface area (Å²) in [5, 5.41) is 4.86. The van der Waals surface area contributed by atoms with Gasteiger partial charge in [-0.1, -0.05) is 74.5 Å². The third-order valence-electron chi connectivity index (χ3n) is 4.23. The Balaban J connectivity index is 2.05. The first-order chi connectivity index (χ1) is 11.1. The molecule has 0 saturated heterocycles. The van der Waals surface area contributed by atoms with Crippen molar-refractivity contribution in [2.45, 2.75) is 25.8 Å². The van der Waals surface area contributed by atoms with Crippen LogP contribution in [0.1, 0.15) is 25.1 Å². The van der Waals surface area contributed by atoms with Gasteiger partial charge in [0.25, 0.3) is 0 Å². The highest BCUT2D eigenvalue weighted by Crippen LogP contribution is 2.27. The monoisotopic (exact) mass is 305 g/mol. The summed E-state index contributed by atoms with van der Waals surface area (Å²) in [5.41, 5.74) is 10.4. The van der Waals surface area contributed by atoms with E-state index in [4.69, 9.17) is 10.8 Å². The van der Waals surface area contributed by atoms with Gasteiger partial charge in [0.05, 0.1) is 17.9 Å². The summed E-state index contributed by atoms with van der Waals surface area (Å²) in [6.45, 7) is 5.60. The van der Waals surface area contributed by atoms with Gasteiger partial charge in [-0.2, -0.15) is 5.10 Å². The van der Waals surface area contributed by atoms with Gasteiger partial charge in [0.1, 0.15) is 0 Å². The maximum Gasteiger partial charge on any atom is 0.0700 e. The van der Waals surface area contributed by atoms with E-state index >= 15 is 0 Å². The molecule has 3 rings (SSSR count). The number of hydrogen-bond acceptors (Lipinski definition) is 2. The van der Waals surface area contributed by atoms with Crippen LogP contribution in [0.15, 0.2) is 66.7 Å². The van der Waals surface area contributed by atoms with E-state index in [1.165, 1.54) is 11.1 Å². The normalized spacial score (nSPS) is 11.6. The van der Waals surface area contributed by atoms with Gasteiger partial charge in [-0.3, -0.25) is 4.68 Å². The van der Waals surface area contributed by atoms with E-state index in [0.717, 1.165) is 17.9 Å². The molecule has 0 spiro atoms. The molecule has 0 atom stereocenters. The molecule has 2 aromatic carbocycles. The standard InChI is InChI=1S/C20H23N3/c1-20(2,15-21)19-13-18(17-11-7-4-8-12-17)23(22-19)14-16-9-5-3-6-10-16/h3-13H,14-15,21H2,1-2H3. The molecule has 0 bridgehead atoms. The highest BCUT2D eigenvalue weighted by Gasteiger charge is 2.24. The first kappa shape index (κ1) is 15.5. The lowest BCUT2D eigenvalue weighted by Crippen LogP contribution is -2.28. The average molecular weight is 305 g/mol. The number of hydrogen-bond donors (Lipinski definition) is 1. The molecule has 23 heavy (non-hydrogen) atoms. The zero-order valence-electron chi connectivity index (χ0n) is 13.7. The summed E-state index contributed by atoms with van der Waals surface area (Å²) in [6.07, 6.45) is 0. The molecular formula is C20H23N3. The van der Waals surface area contributed by atoms with Gasteiger partial charge in [-0.05, 0) is 17.2 Å². The number of nitrogens with zero attached hydrogens (tertiary/aromatic N) is 2. The Kier molecular flexibility index (Phi) is 4.30. The van der Waals surface area contributed by atoms with Gasteiger partial charge in [0, 0.05) is 12.0 Å². The van der Waals surface area contributed by atoms with Crippen LogP contribution in [-0.2, 0) is 12.0 Å². The Morgan fingerprint density at radius 1 is 0.957 bits per heavy atom. The first-order valence-corrected chi connectivity index (χ1v) is 7.98. The number of aromatic nitrogens is 2. The zero-order chi connectivity index (χ0) is 16.3. The lowest BCUT2D eigenvalue weighted by Gasteiger charge is -2.19. The van der Waals surface area contributed by atoms with E-state index in [-0.39, 0.29) is 5.41 Å². The Morgan fingerprint density at radius 3 is 2.17 bits per heavy atom. The maximum absolute atomic E-state index is 5.94. The molecular weight excluding hydrogens is 282 g/mol.